The molecule has 9 aromatic rings. The van der Waals surface area contributed by atoms with E-state index in [0.717, 1.165) is 28.7 Å². The molecule has 0 heterocycles. The van der Waals surface area contributed by atoms with Crippen LogP contribution < -0.4 is 9.80 Å². The van der Waals surface area contributed by atoms with Crippen LogP contribution in [0.1, 0.15) is 59.1 Å². The molecule has 9 aromatic carbocycles. The third-order valence-corrected chi connectivity index (χ3v) is 14.9. The van der Waals surface area contributed by atoms with Crippen molar-refractivity contribution in [2.24, 2.45) is 11.8 Å². The summed E-state index contributed by atoms with van der Waals surface area (Å²) in [6.07, 6.45) is 5.13. The Kier molecular flexibility index (Phi) is 9.41. The van der Waals surface area contributed by atoms with Crippen LogP contribution in [0.25, 0.3) is 11.1 Å². The van der Waals surface area contributed by atoms with Crippen molar-refractivity contribution in [3.8, 4) is 11.1 Å². The average molecular weight is 823 g/mol. The molecule has 0 amide bonds. The van der Waals surface area contributed by atoms with Gasteiger partial charge in [-0.2, -0.15) is 0 Å². The van der Waals surface area contributed by atoms with Gasteiger partial charge in [-0.05, 0) is 137 Å². The third-order valence-electron chi connectivity index (χ3n) is 14.9. The first kappa shape index (κ1) is 38.3. The van der Waals surface area contributed by atoms with E-state index in [1.54, 1.807) is 0 Å². The predicted molar refractivity (Wildman–Crippen MR) is 266 cm³/mol. The summed E-state index contributed by atoms with van der Waals surface area (Å²) in [4.78, 5) is 4.86. The molecule has 3 atom stereocenters. The molecular weight excluding hydrogens is 773 g/mol. The van der Waals surface area contributed by atoms with Crippen molar-refractivity contribution in [1.29, 1.82) is 0 Å². The number of anilines is 6. The van der Waals surface area contributed by atoms with Gasteiger partial charge >= 0.3 is 0 Å². The molecule has 3 aliphatic rings. The van der Waals surface area contributed by atoms with Gasteiger partial charge in [0.15, 0.2) is 0 Å². The highest BCUT2D eigenvalue weighted by molar-refractivity contribution is 5.97. The molecule has 2 heteroatoms. The highest BCUT2D eigenvalue weighted by atomic mass is 15.1. The van der Waals surface area contributed by atoms with Crippen molar-refractivity contribution in [3.63, 3.8) is 0 Å². The molecule has 0 aliphatic heterocycles. The standard InChI is InChI=1S/C62H50N2/c1-6-19-48(20-7-1)62(49-21-8-2-9-22-49)57-30-17-16-29-56(57)60-58(62)31-18-32-59(60)64(53-27-14-5-15-28-53)55-41-37-47(38-42-55)61(44-45-33-34-50(61)43-45)46-35-39-54(40-36-46)63(51-23-10-3-11-24-51)52-25-12-4-13-26-52/h1-32,35-42,45,50H,33-34,43-44H2. The molecule has 2 fully saturated rings. The average Bonchev–Trinajstić information content (AvgIpc) is 4.09. The Morgan fingerprint density at radius 1 is 0.344 bits per heavy atom. The maximum atomic E-state index is 2.50. The SMILES string of the molecule is c1ccc(N(c2ccccc2)c2ccc(C3(c4ccc(N(c5ccccc5)c5cccc6c5-c5ccccc5C6(c5ccccc5)c5ccccc5)cc4)CC4CCC3C4)cc2)cc1. The molecule has 3 aliphatic carbocycles. The van der Waals surface area contributed by atoms with Gasteiger partial charge < -0.3 is 9.80 Å². The summed E-state index contributed by atoms with van der Waals surface area (Å²) in [5.74, 6) is 1.38. The zero-order chi connectivity index (χ0) is 42.5. The van der Waals surface area contributed by atoms with E-state index in [0.29, 0.717) is 5.92 Å². The summed E-state index contributed by atoms with van der Waals surface area (Å²) in [5, 5.41) is 0. The number of hydrogen-bond donors (Lipinski definition) is 0. The van der Waals surface area contributed by atoms with E-state index in [1.165, 1.54) is 81.6 Å². The van der Waals surface area contributed by atoms with E-state index in [9.17, 15) is 0 Å². The van der Waals surface area contributed by atoms with Crippen molar-refractivity contribution in [2.75, 3.05) is 9.80 Å². The van der Waals surface area contributed by atoms with Crippen LogP contribution >= 0.6 is 0 Å². The van der Waals surface area contributed by atoms with E-state index in [-0.39, 0.29) is 5.41 Å². The molecule has 308 valence electrons. The maximum Gasteiger partial charge on any atom is 0.0714 e. The molecule has 0 aromatic heterocycles. The highest BCUT2D eigenvalue weighted by Gasteiger charge is 2.53. The van der Waals surface area contributed by atoms with E-state index in [2.05, 4.69) is 252 Å². The number of rotatable bonds is 10. The summed E-state index contributed by atoms with van der Waals surface area (Å²) >= 11 is 0. The van der Waals surface area contributed by atoms with E-state index < -0.39 is 5.41 Å². The van der Waals surface area contributed by atoms with Crippen molar-refractivity contribution in [1.82, 2.24) is 0 Å². The lowest BCUT2D eigenvalue weighted by atomic mass is 9.64. The molecule has 0 radical (unpaired) electrons. The van der Waals surface area contributed by atoms with Crippen molar-refractivity contribution < 1.29 is 0 Å². The topological polar surface area (TPSA) is 6.48 Å². The van der Waals surface area contributed by atoms with Crippen molar-refractivity contribution in [2.45, 2.75) is 36.5 Å². The number of para-hydroxylation sites is 3. The monoisotopic (exact) mass is 822 g/mol. The zero-order valence-corrected chi connectivity index (χ0v) is 36.0. The van der Waals surface area contributed by atoms with Crippen LogP contribution in [0.15, 0.2) is 243 Å². The summed E-state index contributed by atoms with van der Waals surface area (Å²) in [7, 11) is 0. The first-order chi connectivity index (χ1) is 31.7. The zero-order valence-electron chi connectivity index (χ0n) is 36.0. The lowest BCUT2D eigenvalue weighted by molar-refractivity contribution is 0.320. The van der Waals surface area contributed by atoms with Gasteiger partial charge in [-0.1, -0.05) is 182 Å². The van der Waals surface area contributed by atoms with Crippen LogP contribution in [-0.4, -0.2) is 0 Å². The molecule has 0 N–H and O–H groups in total. The van der Waals surface area contributed by atoms with Gasteiger partial charge in [0.05, 0.1) is 11.1 Å². The molecule has 3 unspecified atom stereocenters. The summed E-state index contributed by atoms with van der Waals surface area (Å²) in [6, 6.07) is 90.0. The second-order valence-electron chi connectivity index (χ2n) is 18.1. The predicted octanol–water partition coefficient (Wildman–Crippen LogP) is 16.1. The fourth-order valence-corrected chi connectivity index (χ4v) is 12.3. The Balaban J connectivity index is 0.986. The number of nitrogens with zero attached hydrogens (tertiary/aromatic N) is 2. The molecule has 2 bridgehead atoms. The van der Waals surface area contributed by atoms with Gasteiger partial charge in [-0.3, -0.25) is 0 Å². The molecule has 64 heavy (non-hydrogen) atoms. The number of benzene rings is 9. The van der Waals surface area contributed by atoms with Gasteiger partial charge in [0.2, 0.25) is 0 Å². The molecule has 12 rings (SSSR count). The van der Waals surface area contributed by atoms with Gasteiger partial charge in [0.1, 0.15) is 0 Å². The highest BCUT2D eigenvalue weighted by Crippen LogP contribution is 2.62. The molecule has 0 spiro atoms. The van der Waals surface area contributed by atoms with Gasteiger partial charge in [-0.15, -0.1) is 0 Å². The molecule has 0 saturated heterocycles. The van der Waals surface area contributed by atoms with Crippen LogP contribution in [0.4, 0.5) is 34.1 Å². The van der Waals surface area contributed by atoms with Gasteiger partial charge in [0.25, 0.3) is 0 Å². The normalized spacial score (nSPS) is 18.9. The second-order valence-corrected chi connectivity index (χ2v) is 18.1. The lowest BCUT2D eigenvalue weighted by Crippen LogP contribution is -2.34. The third kappa shape index (κ3) is 6.00. The Hall–Kier alpha value is -7.42. The summed E-state index contributed by atoms with van der Waals surface area (Å²) in [5.41, 5.74) is 17.1. The van der Waals surface area contributed by atoms with Crippen LogP contribution in [0.3, 0.4) is 0 Å². The smallest absolute Gasteiger partial charge is 0.0714 e. The summed E-state index contributed by atoms with van der Waals surface area (Å²) < 4.78 is 0. The Labute approximate surface area is 377 Å². The minimum atomic E-state index is -0.473. The van der Waals surface area contributed by atoms with Crippen LogP contribution in [0, 0.1) is 11.8 Å². The first-order valence-corrected chi connectivity index (χ1v) is 23.0. The minimum Gasteiger partial charge on any atom is -0.311 e. The summed E-state index contributed by atoms with van der Waals surface area (Å²) in [6.45, 7) is 0. The van der Waals surface area contributed by atoms with Crippen LogP contribution in [0.5, 0.6) is 0 Å². The molecule has 2 saturated carbocycles. The fraction of sp³-hybridized carbons (Fsp3) is 0.129. The van der Waals surface area contributed by atoms with Gasteiger partial charge in [0, 0.05) is 39.4 Å². The van der Waals surface area contributed by atoms with Crippen LogP contribution in [0.2, 0.25) is 0 Å². The van der Waals surface area contributed by atoms with E-state index in [1.807, 2.05) is 0 Å². The van der Waals surface area contributed by atoms with Crippen molar-refractivity contribution >= 4 is 34.1 Å². The van der Waals surface area contributed by atoms with Crippen LogP contribution in [-0.2, 0) is 10.8 Å². The molecular formula is C62H50N2. The Morgan fingerprint density at radius 3 is 1.28 bits per heavy atom. The minimum absolute atomic E-state index is 0.0280. The molecule has 2 nitrogen and oxygen atoms in total. The number of hydrogen-bond acceptors (Lipinski definition) is 2. The second kappa shape index (κ2) is 15.7. The maximum absolute atomic E-state index is 2.50. The number of fused-ring (bicyclic) bond motifs is 5. The lowest BCUT2D eigenvalue weighted by Gasteiger charge is -2.40. The largest absolute Gasteiger partial charge is 0.311 e. The fourth-order valence-electron chi connectivity index (χ4n) is 12.3. The van der Waals surface area contributed by atoms with E-state index >= 15 is 0 Å². The van der Waals surface area contributed by atoms with Gasteiger partial charge in [-0.25, -0.2) is 0 Å². The first-order valence-electron chi connectivity index (χ1n) is 23.0. The Bertz CT molecular complexity index is 2960. The Morgan fingerprint density at radius 2 is 0.781 bits per heavy atom. The van der Waals surface area contributed by atoms with Crippen molar-refractivity contribution in [3.05, 3.63) is 276 Å². The quantitative estimate of drug-likeness (QED) is 0.136. The van der Waals surface area contributed by atoms with E-state index in [4.69, 9.17) is 0 Å².